The van der Waals surface area contributed by atoms with Crippen LogP contribution in [0.1, 0.15) is 29.4 Å². The first kappa shape index (κ1) is 27.2. The molecule has 0 radical (unpaired) electrons. The molecule has 34 heavy (non-hydrogen) atoms. The van der Waals surface area contributed by atoms with Gasteiger partial charge in [0.25, 0.3) is 5.91 Å². The van der Waals surface area contributed by atoms with E-state index >= 15 is 0 Å². The number of nitriles is 1. The smallest absolute Gasteiger partial charge is 0.271 e. The lowest BCUT2D eigenvalue weighted by atomic mass is 9.93. The number of carbonyl (C=O) groups is 2. The number of carbonyl (C=O) groups excluding carboxylic acids is 2. The molecule has 0 bridgehead atoms. The van der Waals surface area contributed by atoms with Crippen LogP contribution in [-0.2, 0) is 21.2 Å². The minimum Gasteiger partial charge on any atom is -0.388 e. The van der Waals surface area contributed by atoms with E-state index in [9.17, 15) is 28.2 Å². The van der Waals surface area contributed by atoms with Crippen LogP contribution in [0.5, 0.6) is 0 Å². The van der Waals surface area contributed by atoms with Gasteiger partial charge in [-0.05, 0) is 12.0 Å². The average molecular weight is 510 g/mol. The predicted octanol–water partition coefficient (Wildman–Crippen LogP) is 0.0202. The number of anilines is 1. The summed E-state index contributed by atoms with van der Waals surface area (Å²) in [5.41, 5.74) is 0.692. The zero-order valence-corrected chi connectivity index (χ0v) is 20.5. The van der Waals surface area contributed by atoms with Gasteiger partial charge in [0.1, 0.15) is 17.9 Å². The second-order valence-corrected chi connectivity index (χ2v) is 10.5. The van der Waals surface area contributed by atoms with Crippen molar-refractivity contribution in [3.05, 3.63) is 47.0 Å². The van der Waals surface area contributed by atoms with Crippen molar-refractivity contribution in [1.29, 1.82) is 5.26 Å². The van der Waals surface area contributed by atoms with Gasteiger partial charge in [0, 0.05) is 19.4 Å². The Kier molecular flexibility index (Phi) is 9.51. The van der Waals surface area contributed by atoms with Crippen molar-refractivity contribution in [2.75, 3.05) is 17.6 Å². The van der Waals surface area contributed by atoms with Crippen LogP contribution >= 0.6 is 11.3 Å². The van der Waals surface area contributed by atoms with E-state index in [4.69, 9.17) is 5.26 Å². The van der Waals surface area contributed by atoms with E-state index in [0.29, 0.717) is 0 Å². The highest BCUT2D eigenvalue weighted by atomic mass is 32.2. The Labute approximate surface area is 202 Å². The third-order valence-corrected chi connectivity index (χ3v) is 7.18. The van der Waals surface area contributed by atoms with Gasteiger partial charge >= 0.3 is 0 Å². The Balaban J connectivity index is 2.28. The number of benzene rings is 1. The fourth-order valence-corrected chi connectivity index (χ4v) is 4.65. The van der Waals surface area contributed by atoms with Gasteiger partial charge in [-0.25, -0.2) is 17.7 Å². The van der Waals surface area contributed by atoms with Crippen LogP contribution in [0, 0.1) is 11.3 Å². The number of nitrogens with zero attached hydrogens (tertiary/aromatic N) is 3. The maximum absolute atomic E-state index is 12.9. The summed E-state index contributed by atoms with van der Waals surface area (Å²) >= 11 is 0.956. The van der Waals surface area contributed by atoms with E-state index in [-0.39, 0.29) is 23.7 Å². The molecule has 2 aromatic rings. The van der Waals surface area contributed by atoms with Gasteiger partial charge < -0.3 is 20.8 Å². The number of aromatic nitrogens is 1. The van der Waals surface area contributed by atoms with E-state index in [0.717, 1.165) is 27.5 Å². The molecule has 1 aromatic carbocycles. The number of hydrogen-bond donors (Lipinski definition) is 4. The molecule has 11 nitrogen and oxygen atoms in total. The van der Waals surface area contributed by atoms with Crippen molar-refractivity contribution in [3.63, 3.8) is 0 Å². The van der Waals surface area contributed by atoms with Crippen LogP contribution in [-0.4, -0.2) is 73.0 Å². The number of rotatable bonds is 11. The third kappa shape index (κ3) is 7.49. The van der Waals surface area contributed by atoms with Crippen molar-refractivity contribution < 1.29 is 28.2 Å². The van der Waals surface area contributed by atoms with Crippen molar-refractivity contribution in [3.8, 4) is 6.07 Å². The van der Waals surface area contributed by atoms with Gasteiger partial charge in [0.2, 0.25) is 15.9 Å². The molecule has 0 saturated carbocycles. The standard InChI is InChI=1S/C21H27N5O6S2/c1-13(27)23-15(9-10-22)18(28)19(29)16(11-14-7-5-4-6-8-14)24-20(30)17-12-33-21(25-17)26(2)34(3,31)32/h4-8,12,15-16,18-19,28-29H,9,11H2,1-3H3,(H,23,27)(H,24,30)/t15-,16+,18-,19-/m1/s1. The molecule has 13 heteroatoms. The second-order valence-electron chi connectivity index (χ2n) is 7.67. The highest BCUT2D eigenvalue weighted by Gasteiger charge is 2.34. The van der Waals surface area contributed by atoms with Crippen LogP contribution in [0.2, 0.25) is 0 Å². The normalized spacial score (nSPS) is 14.8. The SMILES string of the molecule is CC(=O)N[C@H](CC#N)[C@@H](O)[C@H](O)[C@H](Cc1ccccc1)NC(=O)c1csc(N(C)S(C)(=O)=O)n1. The van der Waals surface area contributed by atoms with Crippen LogP contribution in [0.4, 0.5) is 5.13 Å². The minimum atomic E-state index is -3.57. The van der Waals surface area contributed by atoms with Gasteiger partial charge in [-0.3, -0.25) is 9.59 Å². The molecule has 1 aromatic heterocycles. The summed E-state index contributed by atoms with van der Waals surface area (Å²) in [5.74, 6) is -1.17. The molecular weight excluding hydrogens is 482 g/mol. The molecule has 0 spiro atoms. The summed E-state index contributed by atoms with van der Waals surface area (Å²) < 4.78 is 24.4. The molecule has 4 N–H and O–H groups in total. The van der Waals surface area contributed by atoms with Crippen molar-refractivity contribution >= 4 is 38.3 Å². The predicted molar refractivity (Wildman–Crippen MR) is 127 cm³/mol. The Morgan fingerprint density at radius 3 is 2.35 bits per heavy atom. The average Bonchev–Trinajstić information content (AvgIpc) is 3.27. The van der Waals surface area contributed by atoms with Crippen molar-refractivity contribution in [1.82, 2.24) is 15.6 Å². The van der Waals surface area contributed by atoms with Gasteiger partial charge in [0.05, 0.1) is 30.8 Å². The lowest BCUT2D eigenvalue weighted by Gasteiger charge is -2.31. The van der Waals surface area contributed by atoms with E-state index in [1.807, 2.05) is 6.07 Å². The van der Waals surface area contributed by atoms with Crippen LogP contribution in [0.15, 0.2) is 35.7 Å². The highest BCUT2D eigenvalue weighted by Crippen LogP contribution is 2.22. The largest absolute Gasteiger partial charge is 0.388 e. The van der Waals surface area contributed by atoms with Gasteiger partial charge in [-0.15, -0.1) is 11.3 Å². The number of thiazole rings is 1. The van der Waals surface area contributed by atoms with Crippen molar-refractivity contribution in [2.45, 2.75) is 44.1 Å². The monoisotopic (exact) mass is 509 g/mol. The van der Waals surface area contributed by atoms with Crippen LogP contribution in [0.25, 0.3) is 0 Å². The first-order chi connectivity index (χ1) is 15.9. The maximum Gasteiger partial charge on any atom is 0.271 e. The first-order valence-corrected chi connectivity index (χ1v) is 12.9. The lowest BCUT2D eigenvalue weighted by Crippen LogP contribution is -2.56. The summed E-state index contributed by atoms with van der Waals surface area (Å²) in [7, 11) is -2.25. The molecular formula is C21H27N5O6S2. The zero-order chi connectivity index (χ0) is 25.5. The van der Waals surface area contributed by atoms with E-state index in [2.05, 4.69) is 15.6 Å². The quantitative estimate of drug-likeness (QED) is 0.328. The second kappa shape index (κ2) is 11.9. The minimum absolute atomic E-state index is 0.0642. The van der Waals surface area contributed by atoms with Crippen LogP contribution < -0.4 is 14.9 Å². The summed E-state index contributed by atoms with van der Waals surface area (Å²) in [6, 6.07) is 8.70. The Morgan fingerprint density at radius 1 is 1.18 bits per heavy atom. The molecule has 0 aliphatic carbocycles. The molecule has 0 fully saturated rings. The lowest BCUT2D eigenvalue weighted by molar-refractivity contribution is -0.121. The first-order valence-electron chi connectivity index (χ1n) is 10.2. The van der Waals surface area contributed by atoms with Gasteiger partial charge in [-0.1, -0.05) is 30.3 Å². The number of sulfonamides is 1. The molecule has 1 heterocycles. The third-order valence-electron chi connectivity index (χ3n) is 4.98. The number of nitrogens with one attached hydrogen (secondary N) is 2. The molecule has 4 atom stereocenters. The summed E-state index contributed by atoms with van der Waals surface area (Å²) in [6.07, 6.45) is -2.22. The summed E-state index contributed by atoms with van der Waals surface area (Å²) in [5, 5.41) is 37.2. The van der Waals surface area contributed by atoms with Gasteiger partial charge in [0.15, 0.2) is 5.13 Å². The van der Waals surface area contributed by atoms with Crippen molar-refractivity contribution in [2.24, 2.45) is 0 Å². The van der Waals surface area contributed by atoms with Gasteiger partial charge in [-0.2, -0.15) is 5.26 Å². The van der Waals surface area contributed by atoms with E-state index in [1.165, 1.54) is 19.4 Å². The van der Waals surface area contributed by atoms with E-state index < -0.39 is 46.1 Å². The number of aliphatic hydroxyl groups excluding tert-OH is 2. The summed E-state index contributed by atoms with van der Waals surface area (Å²) in [4.78, 5) is 28.4. The molecule has 2 amide bonds. The number of hydrogen-bond acceptors (Lipinski definition) is 9. The molecule has 0 saturated heterocycles. The molecule has 0 aliphatic heterocycles. The number of aliphatic hydroxyl groups is 2. The molecule has 0 unspecified atom stereocenters. The molecule has 184 valence electrons. The maximum atomic E-state index is 12.9. The zero-order valence-electron chi connectivity index (χ0n) is 18.9. The fourth-order valence-electron chi connectivity index (χ4n) is 3.12. The van der Waals surface area contributed by atoms with E-state index in [1.54, 1.807) is 30.3 Å². The highest BCUT2D eigenvalue weighted by molar-refractivity contribution is 7.92. The Hall–Kier alpha value is -3.05. The summed E-state index contributed by atoms with van der Waals surface area (Å²) in [6.45, 7) is 1.22. The Bertz CT molecular complexity index is 1130. The molecule has 0 aliphatic rings. The Morgan fingerprint density at radius 2 is 1.79 bits per heavy atom. The fraction of sp³-hybridized carbons (Fsp3) is 0.429. The molecule has 2 rings (SSSR count). The number of amides is 2. The van der Waals surface area contributed by atoms with Crippen LogP contribution in [0.3, 0.4) is 0 Å². The topological polar surface area (TPSA) is 173 Å².